The van der Waals surface area contributed by atoms with E-state index in [2.05, 4.69) is 10.6 Å². The molecule has 2 aliphatic rings. The fourth-order valence-corrected chi connectivity index (χ4v) is 1.94. The summed E-state index contributed by atoms with van der Waals surface area (Å²) in [6.45, 7) is 2.61. The molecular formula is C8H18Cl2N2O. The maximum absolute atomic E-state index is 9.91. The summed E-state index contributed by atoms with van der Waals surface area (Å²) < 4.78 is 0. The Morgan fingerprint density at radius 2 is 1.85 bits per heavy atom. The smallest absolute Gasteiger partial charge is 0.105 e. The Bertz CT molecular complexity index is 147. The van der Waals surface area contributed by atoms with Crippen molar-refractivity contribution in [2.75, 3.05) is 19.6 Å². The molecule has 3 N–H and O–H groups in total. The van der Waals surface area contributed by atoms with Gasteiger partial charge in [-0.1, -0.05) is 6.42 Å². The van der Waals surface area contributed by atoms with Gasteiger partial charge in [0, 0.05) is 19.1 Å². The van der Waals surface area contributed by atoms with Gasteiger partial charge in [-0.2, -0.15) is 0 Å². The van der Waals surface area contributed by atoms with E-state index in [0.29, 0.717) is 6.04 Å². The van der Waals surface area contributed by atoms with Gasteiger partial charge in [-0.15, -0.1) is 24.8 Å². The van der Waals surface area contributed by atoms with Crippen LogP contribution in [0.3, 0.4) is 0 Å². The van der Waals surface area contributed by atoms with Gasteiger partial charge in [0.1, 0.15) is 5.60 Å². The molecule has 0 amide bonds. The van der Waals surface area contributed by atoms with Crippen molar-refractivity contribution in [2.24, 2.45) is 0 Å². The van der Waals surface area contributed by atoms with Crippen LogP contribution in [-0.2, 0) is 0 Å². The molecule has 0 aliphatic carbocycles. The van der Waals surface area contributed by atoms with Crippen LogP contribution in [0.15, 0.2) is 0 Å². The van der Waals surface area contributed by atoms with Gasteiger partial charge < -0.3 is 15.7 Å². The number of hydrogen-bond donors (Lipinski definition) is 3. The lowest BCUT2D eigenvalue weighted by Gasteiger charge is -2.45. The van der Waals surface area contributed by atoms with E-state index >= 15 is 0 Å². The first-order valence-corrected chi connectivity index (χ1v) is 4.48. The van der Waals surface area contributed by atoms with E-state index in [1.807, 2.05) is 0 Å². The van der Waals surface area contributed by atoms with Gasteiger partial charge in [0.15, 0.2) is 0 Å². The molecular weight excluding hydrogens is 211 g/mol. The highest BCUT2D eigenvalue weighted by Gasteiger charge is 2.42. The van der Waals surface area contributed by atoms with Crippen molar-refractivity contribution in [3.05, 3.63) is 0 Å². The fourth-order valence-electron chi connectivity index (χ4n) is 1.94. The molecule has 2 fully saturated rings. The van der Waals surface area contributed by atoms with Gasteiger partial charge in [0.2, 0.25) is 0 Å². The van der Waals surface area contributed by atoms with Crippen LogP contribution >= 0.6 is 24.8 Å². The Morgan fingerprint density at radius 3 is 2.23 bits per heavy atom. The zero-order chi connectivity index (χ0) is 7.73. The van der Waals surface area contributed by atoms with Crippen molar-refractivity contribution in [3.8, 4) is 0 Å². The first-order valence-electron chi connectivity index (χ1n) is 4.48. The second-order valence-electron chi connectivity index (χ2n) is 3.71. The van der Waals surface area contributed by atoms with E-state index in [1.54, 1.807) is 0 Å². The molecule has 0 saturated carbocycles. The highest BCUT2D eigenvalue weighted by atomic mass is 35.5. The zero-order valence-corrected chi connectivity index (χ0v) is 9.22. The summed E-state index contributed by atoms with van der Waals surface area (Å²) in [7, 11) is 0. The summed E-state index contributed by atoms with van der Waals surface area (Å²) in [6.07, 6.45) is 3.66. The molecule has 0 aromatic carbocycles. The lowest BCUT2D eigenvalue weighted by Crippen LogP contribution is -2.69. The summed E-state index contributed by atoms with van der Waals surface area (Å²) in [5.41, 5.74) is -0.430. The third kappa shape index (κ3) is 2.70. The van der Waals surface area contributed by atoms with Crippen molar-refractivity contribution >= 4 is 24.8 Å². The minimum Gasteiger partial charge on any atom is -0.386 e. The van der Waals surface area contributed by atoms with Crippen LogP contribution in [0.5, 0.6) is 0 Å². The Hall–Kier alpha value is 0.460. The molecule has 1 unspecified atom stereocenters. The van der Waals surface area contributed by atoms with Gasteiger partial charge in [0.25, 0.3) is 0 Å². The first kappa shape index (κ1) is 13.5. The fraction of sp³-hybridized carbons (Fsp3) is 1.00. The average Bonchev–Trinajstić information content (AvgIpc) is 2.02. The van der Waals surface area contributed by atoms with E-state index in [9.17, 15) is 5.11 Å². The van der Waals surface area contributed by atoms with Crippen molar-refractivity contribution in [2.45, 2.75) is 30.9 Å². The lowest BCUT2D eigenvalue weighted by molar-refractivity contribution is -0.0495. The molecule has 2 aliphatic heterocycles. The van der Waals surface area contributed by atoms with E-state index in [1.165, 1.54) is 12.8 Å². The van der Waals surface area contributed by atoms with Gasteiger partial charge in [-0.25, -0.2) is 0 Å². The van der Waals surface area contributed by atoms with E-state index in [0.717, 1.165) is 26.1 Å². The van der Waals surface area contributed by atoms with Gasteiger partial charge in [0.05, 0.1) is 0 Å². The molecule has 80 valence electrons. The molecule has 0 bridgehead atoms. The molecule has 2 saturated heterocycles. The zero-order valence-electron chi connectivity index (χ0n) is 7.58. The van der Waals surface area contributed by atoms with E-state index in [-0.39, 0.29) is 24.8 Å². The molecule has 0 aromatic heterocycles. The largest absolute Gasteiger partial charge is 0.386 e. The second kappa shape index (κ2) is 5.37. The molecule has 5 heteroatoms. The van der Waals surface area contributed by atoms with Crippen molar-refractivity contribution in [1.82, 2.24) is 10.6 Å². The summed E-state index contributed by atoms with van der Waals surface area (Å²) in [6, 6.07) is 0.345. The maximum Gasteiger partial charge on any atom is 0.105 e. The Kier molecular flexibility index (Phi) is 5.56. The minimum absolute atomic E-state index is 0. The van der Waals surface area contributed by atoms with E-state index < -0.39 is 5.60 Å². The molecule has 1 atom stereocenters. The van der Waals surface area contributed by atoms with Crippen molar-refractivity contribution < 1.29 is 5.11 Å². The van der Waals surface area contributed by atoms with Crippen molar-refractivity contribution in [1.29, 1.82) is 0 Å². The number of hydrogen-bond acceptors (Lipinski definition) is 3. The third-order valence-electron chi connectivity index (χ3n) is 2.82. The highest BCUT2D eigenvalue weighted by molar-refractivity contribution is 5.85. The lowest BCUT2D eigenvalue weighted by atomic mass is 9.83. The Morgan fingerprint density at radius 1 is 1.15 bits per heavy atom. The normalized spacial score (nSPS) is 30.7. The van der Waals surface area contributed by atoms with Crippen LogP contribution in [0, 0.1) is 0 Å². The number of halogens is 2. The minimum atomic E-state index is -0.430. The van der Waals surface area contributed by atoms with Crippen LogP contribution in [0.1, 0.15) is 19.3 Å². The second-order valence-corrected chi connectivity index (χ2v) is 3.71. The predicted octanol–water partition coefficient (Wildman–Crippen LogP) is 0.306. The summed E-state index contributed by atoms with van der Waals surface area (Å²) in [5.74, 6) is 0. The summed E-state index contributed by atoms with van der Waals surface area (Å²) in [5, 5.41) is 16.4. The number of rotatable bonds is 1. The first-order chi connectivity index (χ1) is 5.31. The Labute approximate surface area is 91.5 Å². The summed E-state index contributed by atoms with van der Waals surface area (Å²) >= 11 is 0. The standard InChI is InChI=1S/C8H16N2O.2ClH/c11-8(5-9-6-8)7-3-1-2-4-10-7;;/h7,9-11H,1-6H2;2*1H. The average molecular weight is 229 g/mol. The van der Waals surface area contributed by atoms with Crippen LogP contribution in [-0.4, -0.2) is 36.4 Å². The summed E-state index contributed by atoms with van der Waals surface area (Å²) in [4.78, 5) is 0. The van der Waals surface area contributed by atoms with Crippen molar-refractivity contribution in [3.63, 3.8) is 0 Å². The third-order valence-corrected chi connectivity index (χ3v) is 2.82. The molecule has 3 nitrogen and oxygen atoms in total. The molecule has 0 spiro atoms. The molecule has 0 aromatic rings. The topological polar surface area (TPSA) is 44.3 Å². The quantitative estimate of drug-likeness (QED) is 0.606. The Balaban J connectivity index is 0.000000720. The number of piperidine rings is 1. The van der Waals surface area contributed by atoms with Crippen LogP contribution < -0.4 is 10.6 Å². The van der Waals surface area contributed by atoms with Crippen LogP contribution in [0.4, 0.5) is 0 Å². The van der Waals surface area contributed by atoms with Gasteiger partial charge >= 0.3 is 0 Å². The van der Waals surface area contributed by atoms with Crippen LogP contribution in [0.2, 0.25) is 0 Å². The SMILES string of the molecule is Cl.Cl.OC1(C2CCCCN2)CNC1. The molecule has 0 radical (unpaired) electrons. The predicted molar refractivity (Wildman–Crippen MR) is 58.0 cm³/mol. The molecule has 2 heterocycles. The number of β-amino-alcohol motifs (C(OH)–C–C–N with tert-alkyl or cyclic N) is 1. The van der Waals surface area contributed by atoms with Gasteiger partial charge in [-0.05, 0) is 19.4 Å². The van der Waals surface area contributed by atoms with Gasteiger partial charge in [-0.3, -0.25) is 0 Å². The van der Waals surface area contributed by atoms with E-state index in [4.69, 9.17) is 0 Å². The number of nitrogens with one attached hydrogen (secondary N) is 2. The molecule has 13 heavy (non-hydrogen) atoms. The molecule has 2 rings (SSSR count). The monoisotopic (exact) mass is 228 g/mol. The maximum atomic E-state index is 9.91. The number of aliphatic hydroxyl groups is 1. The highest BCUT2D eigenvalue weighted by Crippen LogP contribution is 2.22. The van der Waals surface area contributed by atoms with Crippen LogP contribution in [0.25, 0.3) is 0 Å².